The van der Waals surface area contributed by atoms with E-state index < -0.39 is 34.8 Å². The molecule has 0 bridgehead atoms. The molecular weight excluding hydrogens is 326 g/mol. The van der Waals surface area contributed by atoms with E-state index >= 15 is 0 Å². The number of carbonyl (C=O) groups excluding carboxylic acids is 2. The third-order valence-electron chi connectivity index (χ3n) is 2.87. The highest BCUT2D eigenvalue weighted by Gasteiger charge is 2.30. The largest absolute Gasteiger partial charge is 0.467 e. The van der Waals surface area contributed by atoms with Crippen molar-refractivity contribution < 1.29 is 31.7 Å². The Morgan fingerprint density at radius 3 is 2.35 bits per heavy atom. The molecule has 1 rings (SSSR count). The van der Waals surface area contributed by atoms with Crippen molar-refractivity contribution in [3.05, 3.63) is 35.9 Å². The second-order valence-corrected chi connectivity index (χ2v) is 6.32. The SMILES string of the molecule is COC(=O)[C@@H](COS(C)(=O)=O)N(C)C(=O)OCc1ccccc1. The third-order valence-corrected chi connectivity index (χ3v) is 3.44. The van der Waals surface area contributed by atoms with Crippen LogP contribution < -0.4 is 0 Å². The first-order chi connectivity index (χ1) is 10.7. The van der Waals surface area contributed by atoms with Gasteiger partial charge in [0, 0.05) is 7.05 Å². The van der Waals surface area contributed by atoms with Crippen LogP contribution in [0.5, 0.6) is 0 Å². The highest BCUT2D eigenvalue weighted by atomic mass is 32.2. The predicted octanol–water partition coefficient (Wildman–Crippen LogP) is 0.773. The first kappa shape index (κ1) is 18.9. The van der Waals surface area contributed by atoms with Crippen molar-refractivity contribution in [2.45, 2.75) is 12.6 Å². The van der Waals surface area contributed by atoms with Gasteiger partial charge in [-0.05, 0) is 5.56 Å². The van der Waals surface area contributed by atoms with E-state index in [9.17, 15) is 18.0 Å². The summed E-state index contributed by atoms with van der Waals surface area (Å²) in [6.45, 7) is -0.534. The molecule has 0 aromatic heterocycles. The molecule has 0 saturated heterocycles. The zero-order chi connectivity index (χ0) is 17.5. The maximum absolute atomic E-state index is 12.0. The fraction of sp³-hybridized carbons (Fsp3) is 0.429. The lowest BCUT2D eigenvalue weighted by Crippen LogP contribution is -2.46. The Balaban J connectivity index is 2.68. The molecule has 9 heteroatoms. The molecule has 0 aliphatic heterocycles. The molecule has 0 saturated carbocycles. The van der Waals surface area contributed by atoms with E-state index in [0.717, 1.165) is 23.8 Å². The number of esters is 1. The lowest BCUT2D eigenvalue weighted by molar-refractivity contribution is -0.147. The summed E-state index contributed by atoms with van der Waals surface area (Å²) in [5, 5.41) is 0. The molecule has 8 nitrogen and oxygen atoms in total. The standard InChI is InChI=1S/C14H19NO7S/c1-15(12(13(16)20-2)10-22-23(3,18)19)14(17)21-9-11-7-5-4-6-8-11/h4-8,12H,9-10H2,1-3H3/t12-/m1/s1. The quantitative estimate of drug-likeness (QED) is 0.531. The van der Waals surface area contributed by atoms with E-state index in [4.69, 9.17) is 4.74 Å². The van der Waals surface area contributed by atoms with E-state index in [-0.39, 0.29) is 6.61 Å². The van der Waals surface area contributed by atoms with Crippen molar-refractivity contribution in [2.75, 3.05) is 27.0 Å². The van der Waals surface area contributed by atoms with E-state index in [1.165, 1.54) is 7.05 Å². The average Bonchev–Trinajstić information content (AvgIpc) is 2.52. The summed E-state index contributed by atoms with van der Waals surface area (Å²) in [6, 6.07) is 7.73. The summed E-state index contributed by atoms with van der Waals surface area (Å²) in [5.74, 6) is -0.812. The summed E-state index contributed by atoms with van der Waals surface area (Å²) >= 11 is 0. The number of hydrogen-bond acceptors (Lipinski definition) is 7. The van der Waals surface area contributed by atoms with E-state index in [2.05, 4.69) is 8.92 Å². The molecule has 0 aliphatic rings. The second kappa shape index (κ2) is 8.49. The normalized spacial score (nSPS) is 12.3. The Morgan fingerprint density at radius 1 is 1.22 bits per heavy atom. The summed E-state index contributed by atoms with van der Waals surface area (Å²) in [4.78, 5) is 24.6. The zero-order valence-corrected chi connectivity index (χ0v) is 13.9. The maximum atomic E-state index is 12.0. The number of benzene rings is 1. The lowest BCUT2D eigenvalue weighted by atomic mass is 10.2. The Hall–Kier alpha value is -2.13. The van der Waals surface area contributed by atoms with E-state index in [1.807, 2.05) is 6.07 Å². The van der Waals surface area contributed by atoms with Gasteiger partial charge in [-0.3, -0.25) is 9.08 Å². The number of ether oxygens (including phenoxy) is 2. The smallest absolute Gasteiger partial charge is 0.410 e. The van der Waals surface area contributed by atoms with Crippen LogP contribution in [-0.4, -0.2) is 58.4 Å². The van der Waals surface area contributed by atoms with Gasteiger partial charge in [-0.1, -0.05) is 30.3 Å². The number of rotatable bonds is 7. The van der Waals surface area contributed by atoms with Gasteiger partial charge in [0.25, 0.3) is 10.1 Å². The van der Waals surface area contributed by atoms with E-state index in [0.29, 0.717) is 0 Å². The lowest BCUT2D eigenvalue weighted by Gasteiger charge is -2.24. The minimum atomic E-state index is -3.76. The van der Waals surface area contributed by atoms with Crippen LogP contribution in [0.1, 0.15) is 5.56 Å². The zero-order valence-electron chi connectivity index (χ0n) is 13.1. The van der Waals surface area contributed by atoms with Crippen molar-refractivity contribution in [1.82, 2.24) is 4.90 Å². The van der Waals surface area contributed by atoms with Crippen LogP contribution >= 0.6 is 0 Å². The van der Waals surface area contributed by atoms with Crippen LogP contribution in [0.15, 0.2) is 30.3 Å². The molecule has 0 heterocycles. The Morgan fingerprint density at radius 2 is 1.83 bits per heavy atom. The molecule has 1 amide bonds. The van der Waals surface area contributed by atoms with Crippen LogP contribution in [-0.2, 0) is 35.2 Å². The number of methoxy groups -OCH3 is 1. The van der Waals surface area contributed by atoms with Gasteiger partial charge in [0.05, 0.1) is 20.0 Å². The van der Waals surface area contributed by atoms with Crippen LogP contribution in [0.3, 0.4) is 0 Å². The second-order valence-electron chi connectivity index (χ2n) is 4.68. The molecule has 0 N–H and O–H groups in total. The van der Waals surface area contributed by atoms with E-state index in [1.54, 1.807) is 24.3 Å². The fourth-order valence-electron chi connectivity index (χ4n) is 1.61. The molecule has 128 valence electrons. The summed E-state index contributed by atoms with van der Waals surface area (Å²) < 4.78 is 36.3. The predicted molar refractivity (Wildman–Crippen MR) is 81.0 cm³/mol. The summed E-state index contributed by atoms with van der Waals surface area (Å²) in [5.41, 5.74) is 0.774. The van der Waals surface area contributed by atoms with Gasteiger partial charge < -0.3 is 9.47 Å². The number of carbonyl (C=O) groups is 2. The van der Waals surface area contributed by atoms with Crippen LogP contribution in [0.4, 0.5) is 4.79 Å². The molecule has 0 unspecified atom stereocenters. The van der Waals surface area contributed by atoms with Crippen molar-refractivity contribution in [3.8, 4) is 0 Å². The fourth-order valence-corrected chi connectivity index (χ4v) is 1.99. The first-order valence-electron chi connectivity index (χ1n) is 6.60. The summed E-state index contributed by atoms with van der Waals surface area (Å²) in [6.07, 6.45) is 0.0380. The van der Waals surface area contributed by atoms with Crippen molar-refractivity contribution in [1.29, 1.82) is 0 Å². The van der Waals surface area contributed by atoms with Gasteiger partial charge in [-0.25, -0.2) is 9.59 Å². The minimum absolute atomic E-state index is 0.0187. The molecular formula is C14H19NO7S. The highest BCUT2D eigenvalue weighted by Crippen LogP contribution is 2.07. The topological polar surface area (TPSA) is 99.2 Å². The first-order valence-corrected chi connectivity index (χ1v) is 8.42. The number of amides is 1. The van der Waals surface area contributed by atoms with Gasteiger partial charge in [0.2, 0.25) is 0 Å². The molecule has 0 fully saturated rings. The molecule has 1 aromatic rings. The Labute approximate surface area is 135 Å². The minimum Gasteiger partial charge on any atom is -0.467 e. The molecule has 23 heavy (non-hydrogen) atoms. The van der Waals surface area contributed by atoms with Crippen LogP contribution in [0.25, 0.3) is 0 Å². The third kappa shape index (κ3) is 6.66. The molecule has 1 aromatic carbocycles. The summed E-state index contributed by atoms with van der Waals surface area (Å²) in [7, 11) is -1.35. The van der Waals surface area contributed by atoms with Gasteiger partial charge >= 0.3 is 12.1 Å². The van der Waals surface area contributed by atoms with Crippen molar-refractivity contribution in [3.63, 3.8) is 0 Å². The van der Waals surface area contributed by atoms with Crippen molar-refractivity contribution in [2.24, 2.45) is 0 Å². The molecule has 0 radical (unpaired) electrons. The van der Waals surface area contributed by atoms with Crippen molar-refractivity contribution >= 4 is 22.2 Å². The Bertz CT molecular complexity index is 630. The van der Waals surface area contributed by atoms with Crippen LogP contribution in [0, 0.1) is 0 Å². The molecule has 1 atom stereocenters. The molecule has 0 aliphatic carbocycles. The monoisotopic (exact) mass is 345 g/mol. The van der Waals surface area contributed by atoms with Gasteiger partial charge in [-0.15, -0.1) is 0 Å². The van der Waals surface area contributed by atoms with Gasteiger partial charge in [0.1, 0.15) is 6.61 Å². The molecule has 0 spiro atoms. The Kier molecular flexibility index (Phi) is 6.98. The maximum Gasteiger partial charge on any atom is 0.410 e. The number of nitrogens with zero attached hydrogens (tertiary/aromatic N) is 1. The van der Waals surface area contributed by atoms with Crippen LogP contribution in [0.2, 0.25) is 0 Å². The van der Waals surface area contributed by atoms with Gasteiger partial charge in [-0.2, -0.15) is 8.42 Å². The average molecular weight is 345 g/mol. The number of hydrogen-bond donors (Lipinski definition) is 0. The van der Waals surface area contributed by atoms with Gasteiger partial charge in [0.15, 0.2) is 6.04 Å². The highest BCUT2D eigenvalue weighted by molar-refractivity contribution is 7.85. The number of likely N-dealkylation sites (N-methyl/N-ethyl adjacent to an activating group) is 1.